The van der Waals surface area contributed by atoms with Gasteiger partial charge in [0.1, 0.15) is 0 Å². The standard InChI is InChI=1S/C11H10Cl3N3OS/c12-6-3-7(13)9(8(14)4-6)16-17-11(19)15-10(18)5-1-2-5/h3-5,16H,1-2H2,(H2,15,17,18,19). The maximum atomic E-state index is 11.5. The van der Waals surface area contributed by atoms with E-state index in [1.54, 1.807) is 12.1 Å². The van der Waals surface area contributed by atoms with Crippen molar-refractivity contribution in [3.63, 3.8) is 0 Å². The Kier molecular flexibility index (Phi) is 4.73. The van der Waals surface area contributed by atoms with Crippen molar-refractivity contribution < 1.29 is 4.79 Å². The minimum absolute atomic E-state index is 0.0763. The second kappa shape index (κ2) is 6.13. The molecule has 102 valence electrons. The van der Waals surface area contributed by atoms with Crippen molar-refractivity contribution >= 4 is 63.7 Å². The molecule has 0 spiro atoms. The lowest BCUT2D eigenvalue weighted by Gasteiger charge is -2.14. The number of benzene rings is 1. The summed E-state index contributed by atoms with van der Waals surface area (Å²) < 4.78 is 0. The van der Waals surface area contributed by atoms with Crippen LogP contribution >= 0.6 is 47.0 Å². The molecular weight excluding hydrogens is 329 g/mol. The minimum atomic E-state index is -0.0763. The molecule has 0 aromatic heterocycles. The van der Waals surface area contributed by atoms with Crippen LogP contribution in [0.25, 0.3) is 0 Å². The van der Waals surface area contributed by atoms with Crippen LogP contribution in [-0.2, 0) is 4.79 Å². The van der Waals surface area contributed by atoms with Crippen molar-refractivity contribution in [3.8, 4) is 0 Å². The summed E-state index contributed by atoms with van der Waals surface area (Å²) in [5.74, 6) is 0.00931. The Morgan fingerprint density at radius 2 is 1.79 bits per heavy atom. The number of halogens is 3. The van der Waals surface area contributed by atoms with E-state index in [4.69, 9.17) is 47.0 Å². The molecule has 0 radical (unpaired) electrons. The SMILES string of the molecule is O=C(NC(=S)NNc1c(Cl)cc(Cl)cc1Cl)C1CC1. The van der Waals surface area contributed by atoms with Crippen LogP contribution in [0.5, 0.6) is 0 Å². The van der Waals surface area contributed by atoms with Gasteiger partial charge in [-0.25, -0.2) is 0 Å². The maximum absolute atomic E-state index is 11.5. The summed E-state index contributed by atoms with van der Waals surface area (Å²) in [6.07, 6.45) is 1.83. The summed E-state index contributed by atoms with van der Waals surface area (Å²) in [6, 6.07) is 3.09. The third-order valence-electron chi connectivity index (χ3n) is 2.49. The Bertz CT molecular complexity index is 511. The third-order valence-corrected chi connectivity index (χ3v) is 3.51. The van der Waals surface area contributed by atoms with Crippen LogP contribution in [0.1, 0.15) is 12.8 Å². The zero-order valence-electron chi connectivity index (χ0n) is 9.60. The number of amides is 1. The van der Waals surface area contributed by atoms with Gasteiger partial charge in [0, 0.05) is 10.9 Å². The highest BCUT2D eigenvalue weighted by molar-refractivity contribution is 7.80. The highest BCUT2D eigenvalue weighted by atomic mass is 35.5. The van der Waals surface area contributed by atoms with E-state index >= 15 is 0 Å². The normalized spacial score (nSPS) is 13.8. The maximum Gasteiger partial charge on any atom is 0.229 e. The number of hydrogen-bond donors (Lipinski definition) is 3. The van der Waals surface area contributed by atoms with E-state index in [-0.39, 0.29) is 16.9 Å². The van der Waals surface area contributed by atoms with Gasteiger partial charge in [-0.15, -0.1) is 0 Å². The van der Waals surface area contributed by atoms with Gasteiger partial charge in [0.15, 0.2) is 5.11 Å². The monoisotopic (exact) mass is 337 g/mol. The molecule has 2 rings (SSSR count). The van der Waals surface area contributed by atoms with Crippen molar-refractivity contribution in [2.24, 2.45) is 5.92 Å². The Balaban J connectivity index is 1.91. The van der Waals surface area contributed by atoms with Gasteiger partial charge >= 0.3 is 0 Å². The second-order valence-corrected chi connectivity index (χ2v) is 5.75. The van der Waals surface area contributed by atoms with Crippen LogP contribution < -0.4 is 16.2 Å². The first-order valence-electron chi connectivity index (χ1n) is 5.49. The molecule has 0 atom stereocenters. The van der Waals surface area contributed by atoms with Crippen LogP contribution in [0.2, 0.25) is 15.1 Å². The number of hydrazine groups is 1. The summed E-state index contributed by atoms with van der Waals surface area (Å²) in [4.78, 5) is 11.5. The molecule has 0 saturated heterocycles. The van der Waals surface area contributed by atoms with Crippen molar-refractivity contribution in [1.29, 1.82) is 0 Å². The molecule has 1 amide bonds. The van der Waals surface area contributed by atoms with Gasteiger partial charge in [-0.3, -0.25) is 15.6 Å². The van der Waals surface area contributed by atoms with Gasteiger partial charge in [0.2, 0.25) is 5.91 Å². The van der Waals surface area contributed by atoms with E-state index in [0.29, 0.717) is 20.8 Å². The fraction of sp³-hybridized carbons (Fsp3) is 0.273. The first-order chi connectivity index (χ1) is 8.97. The van der Waals surface area contributed by atoms with E-state index in [2.05, 4.69) is 16.2 Å². The number of rotatable bonds is 3. The third kappa shape index (κ3) is 4.11. The van der Waals surface area contributed by atoms with E-state index in [1.807, 2.05) is 0 Å². The predicted molar refractivity (Wildman–Crippen MR) is 81.7 cm³/mol. The summed E-state index contributed by atoms with van der Waals surface area (Å²) in [5, 5.41) is 3.87. The van der Waals surface area contributed by atoms with E-state index in [1.165, 1.54) is 0 Å². The molecule has 1 aliphatic carbocycles. The van der Waals surface area contributed by atoms with E-state index in [9.17, 15) is 4.79 Å². The van der Waals surface area contributed by atoms with Gasteiger partial charge in [0.25, 0.3) is 0 Å². The summed E-state index contributed by atoms with van der Waals surface area (Å²) in [5.41, 5.74) is 5.84. The Morgan fingerprint density at radius 1 is 1.21 bits per heavy atom. The first kappa shape index (κ1) is 14.7. The lowest BCUT2D eigenvalue weighted by molar-refractivity contribution is -0.120. The van der Waals surface area contributed by atoms with Crippen LogP contribution in [0, 0.1) is 5.92 Å². The molecule has 1 saturated carbocycles. The number of anilines is 1. The minimum Gasteiger partial charge on any atom is -0.302 e. The van der Waals surface area contributed by atoms with Crippen molar-refractivity contribution in [2.45, 2.75) is 12.8 Å². The number of hydrogen-bond acceptors (Lipinski definition) is 3. The molecule has 0 unspecified atom stereocenters. The molecular formula is C11H10Cl3N3OS. The van der Waals surface area contributed by atoms with Crippen LogP contribution in [0.3, 0.4) is 0 Å². The topological polar surface area (TPSA) is 53.2 Å². The quantitative estimate of drug-likeness (QED) is 0.584. The van der Waals surface area contributed by atoms with Crippen LogP contribution in [0.15, 0.2) is 12.1 Å². The van der Waals surface area contributed by atoms with Crippen molar-refractivity contribution in [1.82, 2.24) is 10.7 Å². The zero-order chi connectivity index (χ0) is 14.0. The average molecular weight is 339 g/mol. The summed E-state index contributed by atoms with van der Waals surface area (Å²) in [6.45, 7) is 0. The summed E-state index contributed by atoms with van der Waals surface area (Å²) in [7, 11) is 0. The lowest BCUT2D eigenvalue weighted by Crippen LogP contribution is -2.42. The molecule has 1 aromatic rings. The second-order valence-electron chi connectivity index (χ2n) is 4.09. The fourth-order valence-corrected chi connectivity index (χ4v) is 2.43. The number of carbonyl (C=O) groups excluding carboxylic acids is 1. The lowest BCUT2D eigenvalue weighted by atomic mass is 10.3. The Hall–Kier alpha value is -0.750. The fourth-order valence-electron chi connectivity index (χ4n) is 1.37. The van der Waals surface area contributed by atoms with Gasteiger partial charge in [-0.1, -0.05) is 34.8 Å². The molecule has 19 heavy (non-hydrogen) atoms. The van der Waals surface area contributed by atoms with Crippen LogP contribution in [-0.4, -0.2) is 11.0 Å². The molecule has 0 bridgehead atoms. The summed E-state index contributed by atoms with van der Waals surface area (Å²) >= 11 is 22.7. The number of thiocarbonyl (C=S) groups is 1. The smallest absolute Gasteiger partial charge is 0.229 e. The van der Waals surface area contributed by atoms with Gasteiger partial charge < -0.3 is 5.32 Å². The Labute approximate surface area is 130 Å². The Morgan fingerprint density at radius 3 is 2.32 bits per heavy atom. The zero-order valence-corrected chi connectivity index (χ0v) is 12.7. The highest BCUT2D eigenvalue weighted by Crippen LogP contribution is 2.33. The molecule has 0 heterocycles. The van der Waals surface area contributed by atoms with E-state index < -0.39 is 0 Å². The van der Waals surface area contributed by atoms with Crippen molar-refractivity contribution in [3.05, 3.63) is 27.2 Å². The largest absolute Gasteiger partial charge is 0.302 e. The first-order valence-corrected chi connectivity index (χ1v) is 7.03. The number of nitrogens with one attached hydrogen (secondary N) is 3. The van der Waals surface area contributed by atoms with Crippen LogP contribution in [0.4, 0.5) is 5.69 Å². The number of carbonyl (C=O) groups is 1. The molecule has 1 aliphatic rings. The molecule has 1 aromatic carbocycles. The van der Waals surface area contributed by atoms with Gasteiger partial charge in [-0.2, -0.15) is 0 Å². The molecule has 0 aliphatic heterocycles. The highest BCUT2D eigenvalue weighted by Gasteiger charge is 2.30. The molecule has 4 nitrogen and oxygen atoms in total. The van der Waals surface area contributed by atoms with Gasteiger partial charge in [0.05, 0.1) is 15.7 Å². The molecule has 8 heteroatoms. The average Bonchev–Trinajstić information content (AvgIpc) is 3.10. The predicted octanol–water partition coefficient (Wildman–Crippen LogP) is 3.37. The van der Waals surface area contributed by atoms with Crippen molar-refractivity contribution in [2.75, 3.05) is 5.43 Å². The molecule has 3 N–H and O–H groups in total. The molecule has 1 fully saturated rings. The van der Waals surface area contributed by atoms with E-state index in [0.717, 1.165) is 12.8 Å². The van der Waals surface area contributed by atoms with Gasteiger partial charge in [-0.05, 0) is 37.2 Å².